The van der Waals surface area contributed by atoms with E-state index in [1.165, 1.54) is 0 Å². The number of carbonyl (C=O) groups excluding carboxylic acids is 2. The first-order valence-electron chi connectivity index (χ1n) is 11.2. The van der Waals surface area contributed by atoms with Gasteiger partial charge in [0.25, 0.3) is 0 Å². The largest absolute Gasteiger partial charge is 0.480 e. The normalized spacial score (nSPS) is 15.8. The lowest BCUT2D eigenvalue weighted by Gasteiger charge is -2.40. The zero-order chi connectivity index (χ0) is 23.4. The van der Waals surface area contributed by atoms with Crippen molar-refractivity contribution in [2.75, 3.05) is 26.3 Å². The Hall–Kier alpha value is -3.39. The molecule has 8 nitrogen and oxygen atoms in total. The summed E-state index contributed by atoms with van der Waals surface area (Å²) >= 11 is 0. The second kappa shape index (κ2) is 10.0. The van der Waals surface area contributed by atoms with Gasteiger partial charge < -0.3 is 24.8 Å². The number of nitrogens with zero attached hydrogens (tertiary/aromatic N) is 1. The molecular formula is C25H28N2O6. The number of carboxylic acids is 1. The fraction of sp³-hybridized carbons (Fsp3) is 0.400. The first-order valence-corrected chi connectivity index (χ1v) is 11.2. The van der Waals surface area contributed by atoms with Crippen LogP contribution >= 0.6 is 0 Å². The van der Waals surface area contributed by atoms with Crippen LogP contribution in [0.1, 0.15) is 36.8 Å². The van der Waals surface area contributed by atoms with Gasteiger partial charge in [0, 0.05) is 19.0 Å². The molecule has 2 aromatic carbocycles. The second-order valence-electron chi connectivity index (χ2n) is 8.38. The average molecular weight is 453 g/mol. The summed E-state index contributed by atoms with van der Waals surface area (Å²) in [6, 6.07) is 15.5. The van der Waals surface area contributed by atoms with Crippen molar-refractivity contribution < 1.29 is 29.0 Å². The molecule has 1 aliphatic carbocycles. The SMILES string of the molecule is CCCC(NC(=O)OCC1c2ccccc2-c2ccccc21)C(=O)N1CC(OCC(=O)O)C1. The van der Waals surface area contributed by atoms with Crippen molar-refractivity contribution in [3.63, 3.8) is 0 Å². The van der Waals surface area contributed by atoms with Crippen LogP contribution in [0.5, 0.6) is 0 Å². The van der Waals surface area contributed by atoms with E-state index in [1.54, 1.807) is 4.90 Å². The van der Waals surface area contributed by atoms with E-state index in [-0.39, 0.29) is 31.1 Å². The zero-order valence-corrected chi connectivity index (χ0v) is 18.5. The molecule has 1 unspecified atom stereocenters. The van der Waals surface area contributed by atoms with Gasteiger partial charge in [-0.25, -0.2) is 9.59 Å². The molecule has 8 heteroatoms. The van der Waals surface area contributed by atoms with E-state index < -0.39 is 18.1 Å². The molecule has 2 N–H and O–H groups in total. The molecule has 174 valence electrons. The maximum atomic E-state index is 12.8. The number of carbonyl (C=O) groups is 3. The maximum absolute atomic E-state index is 12.8. The Bertz CT molecular complexity index is 988. The number of hydrogen-bond acceptors (Lipinski definition) is 5. The molecule has 1 saturated heterocycles. The van der Waals surface area contributed by atoms with Crippen molar-refractivity contribution in [3.05, 3.63) is 59.7 Å². The molecule has 1 aliphatic heterocycles. The fourth-order valence-electron chi connectivity index (χ4n) is 4.46. The molecule has 2 aromatic rings. The molecule has 0 aromatic heterocycles. The van der Waals surface area contributed by atoms with Crippen molar-refractivity contribution in [2.45, 2.75) is 37.8 Å². The highest BCUT2D eigenvalue weighted by atomic mass is 16.5. The van der Waals surface area contributed by atoms with Crippen LogP contribution in [0.3, 0.4) is 0 Å². The number of aliphatic carboxylic acids is 1. The third-order valence-electron chi connectivity index (χ3n) is 6.11. The minimum Gasteiger partial charge on any atom is -0.480 e. The Morgan fingerprint density at radius 2 is 1.67 bits per heavy atom. The second-order valence-corrected chi connectivity index (χ2v) is 8.38. The molecule has 1 atom stereocenters. The van der Waals surface area contributed by atoms with Crippen LogP contribution in [0.2, 0.25) is 0 Å². The third-order valence-corrected chi connectivity index (χ3v) is 6.11. The van der Waals surface area contributed by atoms with E-state index in [4.69, 9.17) is 14.6 Å². The van der Waals surface area contributed by atoms with Gasteiger partial charge in [0.2, 0.25) is 5.91 Å². The number of fused-ring (bicyclic) bond motifs is 3. The number of hydrogen-bond donors (Lipinski definition) is 2. The van der Waals surface area contributed by atoms with Crippen molar-refractivity contribution >= 4 is 18.0 Å². The maximum Gasteiger partial charge on any atom is 0.407 e. The van der Waals surface area contributed by atoms with Gasteiger partial charge in [-0.3, -0.25) is 4.79 Å². The predicted molar refractivity (Wildman–Crippen MR) is 121 cm³/mol. The molecule has 1 fully saturated rings. The van der Waals surface area contributed by atoms with Crippen molar-refractivity contribution in [1.82, 2.24) is 10.2 Å². The van der Waals surface area contributed by atoms with Crippen LogP contribution in [-0.2, 0) is 19.1 Å². The Morgan fingerprint density at radius 1 is 1.06 bits per heavy atom. The first kappa shape index (κ1) is 22.8. The average Bonchev–Trinajstić information content (AvgIpc) is 3.10. The van der Waals surface area contributed by atoms with Gasteiger partial charge in [-0.2, -0.15) is 0 Å². The van der Waals surface area contributed by atoms with Gasteiger partial charge in [0.15, 0.2) is 0 Å². The lowest BCUT2D eigenvalue weighted by molar-refractivity contribution is -0.155. The Balaban J connectivity index is 1.33. The van der Waals surface area contributed by atoms with E-state index in [0.29, 0.717) is 25.9 Å². The molecule has 0 bridgehead atoms. The molecule has 2 aliphatic rings. The molecular weight excluding hydrogens is 424 g/mol. The molecule has 0 spiro atoms. The number of benzene rings is 2. The number of amides is 2. The van der Waals surface area contributed by atoms with Crippen LogP contribution in [-0.4, -0.2) is 66.4 Å². The van der Waals surface area contributed by atoms with Crippen LogP contribution in [0, 0.1) is 0 Å². The summed E-state index contributed by atoms with van der Waals surface area (Å²) in [7, 11) is 0. The highest BCUT2D eigenvalue weighted by Crippen LogP contribution is 2.44. The summed E-state index contributed by atoms with van der Waals surface area (Å²) in [6.07, 6.45) is 0.289. The summed E-state index contributed by atoms with van der Waals surface area (Å²) in [5.41, 5.74) is 4.55. The number of alkyl carbamates (subject to hydrolysis) is 1. The molecule has 4 rings (SSSR count). The van der Waals surface area contributed by atoms with Crippen LogP contribution in [0.4, 0.5) is 4.79 Å². The fourth-order valence-corrected chi connectivity index (χ4v) is 4.46. The summed E-state index contributed by atoms with van der Waals surface area (Å²) < 4.78 is 10.8. The standard InChI is InChI=1S/C25H28N2O6/c1-2-7-22(24(30)27-12-16(13-27)32-15-23(28)29)26-25(31)33-14-21-19-10-5-3-8-17(19)18-9-4-6-11-20(18)21/h3-6,8-11,16,21-22H,2,7,12-15H2,1H3,(H,26,31)(H,28,29). The summed E-state index contributed by atoms with van der Waals surface area (Å²) in [5.74, 6) is -1.30. The summed E-state index contributed by atoms with van der Waals surface area (Å²) in [5, 5.41) is 11.4. The highest BCUT2D eigenvalue weighted by molar-refractivity contribution is 5.86. The minimum atomic E-state index is -1.04. The third kappa shape index (κ3) is 5.01. The lowest BCUT2D eigenvalue weighted by Crippen LogP contribution is -2.60. The molecule has 0 saturated carbocycles. The highest BCUT2D eigenvalue weighted by Gasteiger charge is 2.36. The summed E-state index contributed by atoms with van der Waals surface area (Å²) in [6.45, 7) is 2.37. The molecule has 1 heterocycles. The van der Waals surface area contributed by atoms with E-state index in [0.717, 1.165) is 22.3 Å². The van der Waals surface area contributed by atoms with E-state index in [1.807, 2.05) is 31.2 Å². The van der Waals surface area contributed by atoms with Crippen LogP contribution in [0.15, 0.2) is 48.5 Å². The number of rotatable bonds is 9. The lowest BCUT2D eigenvalue weighted by atomic mass is 9.98. The van der Waals surface area contributed by atoms with E-state index in [2.05, 4.69) is 29.6 Å². The monoisotopic (exact) mass is 452 g/mol. The van der Waals surface area contributed by atoms with Gasteiger partial charge >= 0.3 is 12.1 Å². The van der Waals surface area contributed by atoms with E-state index in [9.17, 15) is 14.4 Å². The van der Waals surface area contributed by atoms with Crippen molar-refractivity contribution in [1.29, 1.82) is 0 Å². The van der Waals surface area contributed by atoms with Crippen molar-refractivity contribution in [2.24, 2.45) is 0 Å². The van der Waals surface area contributed by atoms with Crippen molar-refractivity contribution in [3.8, 4) is 11.1 Å². The Kier molecular flexibility index (Phi) is 6.93. The van der Waals surface area contributed by atoms with Gasteiger partial charge in [-0.1, -0.05) is 61.9 Å². The van der Waals surface area contributed by atoms with Gasteiger partial charge in [0.05, 0.1) is 6.10 Å². The number of likely N-dealkylation sites (tertiary alicyclic amines) is 1. The quantitative estimate of drug-likeness (QED) is 0.606. The van der Waals surface area contributed by atoms with Gasteiger partial charge in [-0.15, -0.1) is 0 Å². The minimum absolute atomic E-state index is 0.0500. The topological polar surface area (TPSA) is 105 Å². The van der Waals surface area contributed by atoms with Crippen LogP contribution in [0.25, 0.3) is 11.1 Å². The zero-order valence-electron chi connectivity index (χ0n) is 18.5. The molecule has 0 radical (unpaired) electrons. The number of carboxylic acid groups (broad SMARTS) is 1. The van der Waals surface area contributed by atoms with Gasteiger partial charge in [0.1, 0.15) is 19.3 Å². The Morgan fingerprint density at radius 3 is 2.24 bits per heavy atom. The molecule has 2 amide bonds. The van der Waals surface area contributed by atoms with Gasteiger partial charge in [-0.05, 0) is 28.7 Å². The Labute approximate surface area is 192 Å². The number of ether oxygens (including phenoxy) is 2. The molecule has 33 heavy (non-hydrogen) atoms. The number of nitrogens with one attached hydrogen (secondary N) is 1. The predicted octanol–water partition coefficient (Wildman–Crippen LogP) is 3.01. The first-order chi connectivity index (χ1) is 16.0. The smallest absolute Gasteiger partial charge is 0.407 e. The van der Waals surface area contributed by atoms with Crippen LogP contribution < -0.4 is 5.32 Å². The summed E-state index contributed by atoms with van der Waals surface area (Å²) in [4.78, 5) is 37.6. The van der Waals surface area contributed by atoms with E-state index >= 15 is 0 Å².